The summed E-state index contributed by atoms with van der Waals surface area (Å²) in [5.74, 6) is 2.18. The predicted molar refractivity (Wildman–Crippen MR) is 87.7 cm³/mol. The smallest absolute Gasteiger partial charge is 0.137 e. The minimum Gasteiger partial charge on any atom is -0.390 e. The van der Waals surface area contributed by atoms with Crippen LogP contribution in [-0.2, 0) is 9.59 Å². The van der Waals surface area contributed by atoms with Crippen molar-refractivity contribution in [1.29, 1.82) is 0 Å². The Morgan fingerprint density at radius 2 is 1.78 bits per heavy atom. The van der Waals surface area contributed by atoms with Crippen molar-refractivity contribution in [2.75, 3.05) is 0 Å². The van der Waals surface area contributed by atoms with Gasteiger partial charge in [-0.15, -0.1) is 0 Å². The lowest BCUT2D eigenvalue weighted by Gasteiger charge is -2.59. The van der Waals surface area contributed by atoms with Crippen molar-refractivity contribution in [2.24, 2.45) is 34.5 Å². The average molecular weight is 318 g/mol. The predicted octanol–water partition coefficient (Wildman–Crippen LogP) is 3.53. The van der Waals surface area contributed by atoms with E-state index in [0.717, 1.165) is 32.1 Å². The van der Waals surface area contributed by atoms with Crippen molar-refractivity contribution in [2.45, 2.75) is 77.7 Å². The first kappa shape index (κ1) is 15.8. The first-order valence-corrected chi connectivity index (χ1v) is 9.46. The summed E-state index contributed by atoms with van der Waals surface area (Å²) in [7, 11) is 0. The molecule has 4 fully saturated rings. The van der Waals surface area contributed by atoms with Crippen molar-refractivity contribution < 1.29 is 14.7 Å². The van der Waals surface area contributed by atoms with E-state index >= 15 is 0 Å². The topological polar surface area (TPSA) is 54.4 Å². The minimum atomic E-state index is -0.710. The quantitative estimate of drug-likeness (QED) is 0.743. The van der Waals surface area contributed by atoms with Gasteiger partial charge in [0, 0.05) is 30.6 Å². The Kier molecular flexibility index (Phi) is 3.22. The summed E-state index contributed by atoms with van der Waals surface area (Å²) >= 11 is 0. The highest BCUT2D eigenvalue weighted by Crippen LogP contribution is 2.66. The molecule has 0 spiro atoms. The van der Waals surface area contributed by atoms with E-state index in [-0.39, 0.29) is 16.7 Å². The maximum Gasteiger partial charge on any atom is 0.137 e. The molecule has 0 aromatic heterocycles. The molecule has 0 radical (unpaired) electrons. The highest BCUT2D eigenvalue weighted by atomic mass is 16.3. The van der Waals surface area contributed by atoms with E-state index in [1.54, 1.807) is 0 Å². The van der Waals surface area contributed by atoms with E-state index in [0.29, 0.717) is 48.6 Å². The Morgan fingerprint density at radius 1 is 1.04 bits per heavy atom. The molecule has 7 atom stereocenters. The summed E-state index contributed by atoms with van der Waals surface area (Å²) in [6.45, 7) is 6.37. The van der Waals surface area contributed by atoms with Crippen LogP contribution >= 0.6 is 0 Å². The standard InChI is InChI=1S/C20H30O3/c1-18-8-6-13(21)10-12(18)4-5-14-15-7-9-20(3,23)19(15,2)11-16(22)17(14)18/h12,14-15,17,23H,4-11H2,1-3H3/t12-,14-,15+,17+,18-,19-,20-/m0/s1. The van der Waals surface area contributed by atoms with Crippen molar-refractivity contribution in [3.05, 3.63) is 0 Å². The second-order valence-corrected chi connectivity index (χ2v) is 9.64. The molecular weight excluding hydrogens is 288 g/mol. The summed E-state index contributed by atoms with van der Waals surface area (Å²) in [5.41, 5.74) is -0.943. The van der Waals surface area contributed by atoms with Crippen LogP contribution in [0.3, 0.4) is 0 Å². The molecule has 4 aliphatic carbocycles. The lowest BCUT2D eigenvalue weighted by Crippen LogP contribution is -2.59. The average Bonchev–Trinajstić information content (AvgIpc) is 2.69. The van der Waals surface area contributed by atoms with Gasteiger partial charge >= 0.3 is 0 Å². The molecular formula is C20H30O3. The van der Waals surface area contributed by atoms with Crippen molar-refractivity contribution in [3.63, 3.8) is 0 Å². The summed E-state index contributed by atoms with van der Waals surface area (Å²) in [4.78, 5) is 25.1. The Labute approximate surface area is 139 Å². The SMILES string of the molecule is C[C@]12CCC(=O)C[C@@H]1CC[C@H]1[C@H]3CC[C@](C)(O)[C@@]3(C)CC(=O)[C@@H]12. The van der Waals surface area contributed by atoms with E-state index in [1.807, 2.05) is 6.92 Å². The van der Waals surface area contributed by atoms with Gasteiger partial charge in [-0.05, 0) is 62.2 Å². The molecule has 4 aliphatic rings. The van der Waals surface area contributed by atoms with Crippen LogP contribution in [0.25, 0.3) is 0 Å². The highest BCUT2D eigenvalue weighted by molar-refractivity contribution is 5.86. The van der Waals surface area contributed by atoms with E-state index in [9.17, 15) is 14.7 Å². The number of carbonyl (C=O) groups excluding carboxylic acids is 2. The summed E-state index contributed by atoms with van der Waals surface area (Å²) < 4.78 is 0. The van der Waals surface area contributed by atoms with Crippen LogP contribution in [0, 0.1) is 34.5 Å². The fourth-order valence-corrected chi connectivity index (χ4v) is 7.07. The maximum absolute atomic E-state index is 13.2. The first-order valence-electron chi connectivity index (χ1n) is 9.46. The lowest BCUT2D eigenvalue weighted by molar-refractivity contribution is -0.170. The monoisotopic (exact) mass is 318 g/mol. The molecule has 3 heteroatoms. The van der Waals surface area contributed by atoms with Gasteiger partial charge in [0.25, 0.3) is 0 Å². The number of hydrogen-bond acceptors (Lipinski definition) is 3. The molecule has 128 valence electrons. The van der Waals surface area contributed by atoms with Crippen molar-refractivity contribution in [1.82, 2.24) is 0 Å². The van der Waals surface area contributed by atoms with Gasteiger partial charge in [-0.3, -0.25) is 9.59 Å². The van der Waals surface area contributed by atoms with Crippen LogP contribution in [0.1, 0.15) is 72.1 Å². The molecule has 4 saturated carbocycles. The Hall–Kier alpha value is -0.700. The zero-order valence-corrected chi connectivity index (χ0v) is 14.7. The third-order valence-electron chi connectivity index (χ3n) is 8.73. The minimum absolute atomic E-state index is 0.0175. The third-order valence-corrected chi connectivity index (χ3v) is 8.73. The van der Waals surface area contributed by atoms with Gasteiger partial charge < -0.3 is 5.11 Å². The van der Waals surface area contributed by atoms with Gasteiger partial charge in [-0.25, -0.2) is 0 Å². The van der Waals surface area contributed by atoms with Crippen LogP contribution in [0.15, 0.2) is 0 Å². The van der Waals surface area contributed by atoms with Crippen LogP contribution in [0.5, 0.6) is 0 Å². The van der Waals surface area contributed by atoms with Crippen molar-refractivity contribution >= 4 is 11.6 Å². The Bertz CT molecular complexity index is 565. The van der Waals surface area contributed by atoms with Crippen molar-refractivity contribution in [3.8, 4) is 0 Å². The summed E-state index contributed by atoms with van der Waals surface area (Å²) in [6, 6.07) is 0. The molecule has 3 nitrogen and oxygen atoms in total. The number of carbonyl (C=O) groups is 2. The molecule has 0 unspecified atom stereocenters. The van der Waals surface area contributed by atoms with Gasteiger partial charge in [0.05, 0.1) is 5.60 Å². The second kappa shape index (κ2) is 4.68. The van der Waals surface area contributed by atoms with Crippen LogP contribution in [-0.4, -0.2) is 22.3 Å². The van der Waals surface area contributed by atoms with E-state index in [1.165, 1.54) is 0 Å². The molecule has 0 bridgehead atoms. The first-order chi connectivity index (χ1) is 10.7. The van der Waals surface area contributed by atoms with Gasteiger partial charge in [-0.2, -0.15) is 0 Å². The molecule has 0 heterocycles. The Balaban J connectivity index is 1.72. The number of Topliss-reactive ketones (excluding diaryl/α,β-unsaturated/α-hetero) is 2. The second-order valence-electron chi connectivity index (χ2n) is 9.64. The largest absolute Gasteiger partial charge is 0.390 e. The molecule has 23 heavy (non-hydrogen) atoms. The fraction of sp³-hybridized carbons (Fsp3) is 0.900. The molecule has 0 aromatic rings. The van der Waals surface area contributed by atoms with Crippen LogP contribution < -0.4 is 0 Å². The number of aliphatic hydroxyl groups is 1. The van der Waals surface area contributed by atoms with E-state index in [4.69, 9.17) is 0 Å². The number of ketones is 2. The van der Waals surface area contributed by atoms with E-state index in [2.05, 4.69) is 13.8 Å². The number of hydrogen-bond donors (Lipinski definition) is 1. The summed E-state index contributed by atoms with van der Waals surface area (Å²) in [5, 5.41) is 10.9. The third kappa shape index (κ3) is 1.92. The van der Waals surface area contributed by atoms with Crippen LogP contribution in [0.2, 0.25) is 0 Å². The zero-order chi connectivity index (χ0) is 16.6. The molecule has 4 rings (SSSR count). The zero-order valence-electron chi connectivity index (χ0n) is 14.7. The van der Waals surface area contributed by atoms with Crippen LogP contribution in [0.4, 0.5) is 0 Å². The molecule has 1 N–H and O–H groups in total. The van der Waals surface area contributed by atoms with Gasteiger partial charge in [0.15, 0.2) is 0 Å². The number of fused-ring (bicyclic) bond motifs is 5. The van der Waals surface area contributed by atoms with Gasteiger partial charge in [0.2, 0.25) is 0 Å². The molecule has 0 aliphatic heterocycles. The van der Waals surface area contributed by atoms with Gasteiger partial charge in [-0.1, -0.05) is 13.8 Å². The lowest BCUT2D eigenvalue weighted by atomic mass is 9.44. The number of rotatable bonds is 0. The maximum atomic E-state index is 13.2. The highest BCUT2D eigenvalue weighted by Gasteiger charge is 2.65. The van der Waals surface area contributed by atoms with Gasteiger partial charge in [0.1, 0.15) is 11.6 Å². The normalized spacial score (nSPS) is 56.0. The molecule has 0 saturated heterocycles. The molecule has 0 amide bonds. The summed E-state index contributed by atoms with van der Waals surface area (Å²) in [6.07, 6.45) is 6.80. The Morgan fingerprint density at radius 3 is 2.52 bits per heavy atom. The van der Waals surface area contributed by atoms with E-state index < -0.39 is 5.60 Å². The fourth-order valence-electron chi connectivity index (χ4n) is 7.07. The molecule has 0 aromatic carbocycles.